The molecule has 0 saturated carbocycles. The van der Waals surface area contributed by atoms with Crippen molar-refractivity contribution in [3.8, 4) is 0 Å². The number of nitrogens with two attached hydrogens (primary N) is 1. The SMILES string of the molecule is CCc1cc(COC(=O)c2cccc(N)c2Br)n(C)n1. The van der Waals surface area contributed by atoms with Crippen molar-refractivity contribution >= 4 is 27.6 Å². The normalized spacial score (nSPS) is 10.6. The molecule has 5 nitrogen and oxygen atoms in total. The van der Waals surface area contributed by atoms with E-state index in [2.05, 4.69) is 21.0 Å². The molecule has 0 bridgehead atoms. The lowest BCUT2D eigenvalue weighted by Crippen LogP contribution is -2.09. The Morgan fingerprint density at radius 3 is 2.90 bits per heavy atom. The van der Waals surface area contributed by atoms with Crippen molar-refractivity contribution in [1.82, 2.24) is 9.78 Å². The third-order valence-electron chi connectivity index (χ3n) is 2.99. The fourth-order valence-corrected chi connectivity index (χ4v) is 2.23. The Kier molecular flexibility index (Phi) is 4.44. The molecule has 0 atom stereocenters. The van der Waals surface area contributed by atoms with Gasteiger partial charge in [0, 0.05) is 12.7 Å². The smallest absolute Gasteiger partial charge is 0.339 e. The van der Waals surface area contributed by atoms with Crippen LogP contribution in [0.3, 0.4) is 0 Å². The number of hydrogen-bond acceptors (Lipinski definition) is 4. The van der Waals surface area contributed by atoms with E-state index in [1.54, 1.807) is 22.9 Å². The number of rotatable bonds is 4. The summed E-state index contributed by atoms with van der Waals surface area (Å²) in [5.41, 5.74) is 8.50. The van der Waals surface area contributed by atoms with Crippen LogP contribution < -0.4 is 5.73 Å². The maximum atomic E-state index is 12.0. The maximum Gasteiger partial charge on any atom is 0.339 e. The van der Waals surface area contributed by atoms with Gasteiger partial charge in [0.25, 0.3) is 0 Å². The molecular formula is C14H16BrN3O2. The minimum atomic E-state index is -0.413. The number of hydrogen-bond donors (Lipinski definition) is 1. The number of aryl methyl sites for hydroxylation is 2. The van der Waals surface area contributed by atoms with Crippen LogP contribution in [0.4, 0.5) is 5.69 Å². The quantitative estimate of drug-likeness (QED) is 0.687. The van der Waals surface area contributed by atoms with Gasteiger partial charge in [0.1, 0.15) is 6.61 Å². The highest BCUT2D eigenvalue weighted by Gasteiger charge is 2.14. The lowest BCUT2D eigenvalue weighted by atomic mass is 10.2. The number of carbonyl (C=O) groups excluding carboxylic acids is 1. The highest BCUT2D eigenvalue weighted by molar-refractivity contribution is 9.10. The maximum absolute atomic E-state index is 12.0. The fraction of sp³-hybridized carbons (Fsp3) is 0.286. The molecular weight excluding hydrogens is 322 g/mol. The number of halogens is 1. The molecule has 1 aromatic carbocycles. The average Bonchev–Trinajstić information content (AvgIpc) is 2.80. The van der Waals surface area contributed by atoms with Crippen LogP contribution in [0.2, 0.25) is 0 Å². The summed E-state index contributed by atoms with van der Waals surface area (Å²) in [7, 11) is 1.83. The number of nitrogen functional groups attached to an aromatic ring is 1. The topological polar surface area (TPSA) is 70.1 Å². The van der Waals surface area contributed by atoms with E-state index >= 15 is 0 Å². The van der Waals surface area contributed by atoms with Crippen molar-refractivity contribution in [2.24, 2.45) is 7.05 Å². The Morgan fingerprint density at radius 2 is 2.25 bits per heavy atom. The van der Waals surface area contributed by atoms with E-state index in [0.29, 0.717) is 15.7 Å². The first-order chi connectivity index (χ1) is 9.52. The van der Waals surface area contributed by atoms with Crippen LogP contribution in [-0.2, 0) is 24.8 Å². The third kappa shape index (κ3) is 3.01. The summed E-state index contributed by atoms with van der Waals surface area (Å²) in [6.45, 7) is 2.21. The van der Waals surface area contributed by atoms with Crippen LogP contribution in [-0.4, -0.2) is 15.7 Å². The molecule has 2 rings (SSSR count). The van der Waals surface area contributed by atoms with Gasteiger partial charge < -0.3 is 10.5 Å². The van der Waals surface area contributed by atoms with Crippen LogP contribution in [0.1, 0.15) is 28.7 Å². The van der Waals surface area contributed by atoms with Crippen LogP contribution in [0.5, 0.6) is 0 Å². The second-order valence-corrected chi connectivity index (χ2v) is 5.18. The van der Waals surface area contributed by atoms with E-state index in [-0.39, 0.29) is 6.61 Å². The van der Waals surface area contributed by atoms with Gasteiger partial charge in [0.15, 0.2) is 0 Å². The zero-order valence-electron chi connectivity index (χ0n) is 11.4. The number of aromatic nitrogens is 2. The molecule has 0 radical (unpaired) electrons. The average molecular weight is 338 g/mol. The molecule has 2 aromatic rings. The lowest BCUT2D eigenvalue weighted by Gasteiger charge is -2.07. The minimum Gasteiger partial charge on any atom is -0.456 e. The van der Waals surface area contributed by atoms with Gasteiger partial charge in [0.05, 0.1) is 21.4 Å². The molecule has 0 aliphatic heterocycles. The van der Waals surface area contributed by atoms with Gasteiger partial charge >= 0.3 is 5.97 Å². The predicted molar refractivity (Wildman–Crippen MR) is 80.3 cm³/mol. The highest BCUT2D eigenvalue weighted by atomic mass is 79.9. The summed E-state index contributed by atoms with van der Waals surface area (Å²) in [6, 6.07) is 7.04. The Balaban J connectivity index is 2.08. The molecule has 1 aromatic heterocycles. The fourth-order valence-electron chi connectivity index (χ4n) is 1.80. The van der Waals surface area contributed by atoms with Crippen molar-refractivity contribution in [3.63, 3.8) is 0 Å². The minimum absolute atomic E-state index is 0.184. The third-order valence-corrected chi connectivity index (χ3v) is 3.87. The first-order valence-corrected chi connectivity index (χ1v) is 7.05. The van der Waals surface area contributed by atoms with Gasteiger partial charge in [-0.2, -0.15) is 5.10 Å². The molecule has 106 valence electrons. The molecule has 0 unspecified atom stereocenters. The Morgan fingerprint density at radius 1 is 1.50 bits per heavy atom. The lowest BCUT2D eigenvalue weighted by molar-refractivity contribution is 0.0462. The summed E-state index contributed by atoms with van der Waals surface area (Å²) in [4.78, 5) is 12.0. The zero-order valence-corrected chi connectivity index (χ0v) is 13.0. The second-order valence-electron chi connectivity index (χ2n) is 4.39. The standard InChI is InChI=1S/C14H16BrN3O2/c1-3-9-7-10(18(2)17-9)8-20-14(19)11-5-4-6-12(16)13(11)15/h4-7H,3,8,16H2,1-2H3. The molecule has 1 heterocycles. The zero-order chi connectivity index (χ0) is 14.7. The monoisotopic (exact) mass is 337 g/mol. The molecule has 0 fully saturated rings. The Hall–Kier alpha value is -1.82. The van der Waals surface area contributed by atoms with Gasteiger partial charge in [-0.25, -0.2) is 4.79 Å². The second kappa shape index (κ2) is 6.09. The van der Waals surface area contributed by atoms with Crippen molar-refractivity contribution in [1.29, 1.82) is 0 Å². The Labute approximate surface area is 125 Å². The largest absolute Gasteiger partial charge is 0.456 e. The number of anilines is 1. The number of ether oxygens (including phenoxy) is 1. The van der Waals surface area contributed by atoms with E-state index in [4.69, 9.17) is 10.5 Å². The predicted octanol–water partition coefficient (Wildman–Crippen LogP) is 2.68. The molecule has 0 amide bonds. The summed E-state index contributed by atoms with van der Waals surface area (Å²) < 4.78 is 7.59. The molecule has 0 aliphatic carbocycles. The van der Waals surface area contributed by atoms with E-state index in [0.717, 1.165) is 17.8 Å². The van der Waals surface area contributed by atoms with E-state index in [1.165, 1.54) is 0 Å². The van der Waals surface area contributed by atoms with Gasteiger partial charge in [0.2, 0.25) is 0 Å². The van der Waals surface area contributed by atoms with Crippen molar-refractivity contribution in [2.75, 3.05) is 5.73 Å². The first kappa shape index (κ1) is 14.6. The van der Waals surface area contributed by atoms with Crippen LogP contribution in [0.25, 0.3) is 0 Å². The summed E-state index contributed by atoms with van der Waals surface area (Å²) in [5.74, 6) is -0.413. The number of carbonyl (C=O) groups is 1. The summed E-state index contributed by atoms with van der Waals surface area (Å²) >= 11 is 3.29. The van der Waals surface area contributed by atoms with Gasteiger partial charge in [-0.05, 0) is 40.5 Å². The van der Waals surface area contributed by atoms with E-state index < -0.39 is 5.97 Å². The van der Waals surface area contributed by atoms with Gasteiger partial charge in [-0.1, -0.05) is 13.0 Å². The van der Waals surface area contributed by atoms with E-state index in [1.807, 2.05) is 20.0 Å². The first-order valence-electron chi connectivity index (χ1n) is 6.25. The van der Waals surface area contributed by atoms with Gasteiger partial charge in [-0.15, -0.1) is 0 Å². The Bertz CT molecular complexity index is 637. The number of benzene rings is 1. The molecule has 20 heavy (non-hydrogen) atoms. The highest BCUT2D eigenvalue weighted by Crippen LogP contribution is 2.24. The summed E-state index contributed by atoms with van der Waals surface area (Å²) in [6.07, 6.45) is 0.850. The summed E-state index contributed by atoms with van der Waals surface area (Å²) in [5, 5.41) is 4.31. The van der Waals surface area contributed by atoms with Crippen LogP contribution in [0.15, 0.2) is 28.7 Å². The molecule has 2 N–H and O–H groups in total. The number of esters is 1. The number of nitrogens with zero attached hydrogens (tertiary/aromatic N) is 2. The molecule has 6 heteroatoms. The molecule has 0 spiro atoms. The van der Waals surface area contributed by atoms with E-state index in [9.17, 15) is 4.79 Å². The van der Waals surface area contributed by atoms with Gasteiger partial charge in [-0.3, -0.25) is 4.68 Å². The van der Waals surface area contributed by atoms with Crippen molar-refractivity contribution in [3.05, 3.63) is 45.7 Å². The molecule has 0 aliphatic rings. The molecule has 0 saturated heterocycles. The van der Waals surface area contributed by atoms with Crippen LogP contribution >= 0.6 is 15.9 Å². The van der Waals surface area contributed by atoms with Crippen molar-refractivity contribution in [2.45, 2.75) is 20.0 Å². The van der Waals surface area contributed by atoms with Crippen molar-refractivity contribution < 1.29 is 9.53 Å². The van der Waals surface area contributed by atoms with Crippen LogP contribution in [0, 0.1) is 0 Å².